The van der Waals surface area contributed by atoms with Gasteiger partial charge in [-0.1, -0.05) is 55.3 Å². The first kappa shape index (κ1) is 19.9. The normalized spacial score (nSPS) is 15.2. The highest BCUT2D eigenvalue weighted by Crippen LogP contribution is 2.19. The van der Waals surface area contributed by atoms with Crippen molar-refractivity contribution < 1.29 is 19.1 Å². The van der Waals surface area contributed by atoms with Crippen molar-refractivity contribution in [2.24, 2.45) is 0 Å². The molecular weight excluding hydrogens is 356 g/mol. The van der Waals surface area contributed by atoms with Crippen LogP contribution in [0.15, 0.2) is 42.5 Å². The summed E-state index contributed by atoms with van der Waals surface area (Å²) in [6, 6.07) is 13.8. The Morgan fingerprint density at radius 1 is 1.07 bits per heavy atom. The number of ether oxygens (including phenoxy) is 1. The Hall–Kier alpha value is -2.89. The molecule has 0 bridgehead atoms. The zero-order chi connectivity index (χ0) is 19.9. The average molecular weight is 382 g/mol. The molecule has 0 spiro atoms. The number of hydrogen-bond donors (Lipinski definition) is 2. The van der Waals surface area contributed by atoms with Crippen molar-refractivity contribution in [2.75, 3.05) is 6.54 Å². The fraction of sp³-hybridized carbons (Fsp3) is 0.409. The SMILES string of the molecule is C[C@@H](OC(=O)CNC(=O)Cc1cccc2ccccc12)C(=O)NC1CCCC1. The fourth-order valence-electron chi connectivity index (χ4n) is 3.53. The number of carbonyl (C=O) groups is 3. The molecule has 2 amide bonds. The summed E-state index contributed by atoms with van der Waals surface area (Å²) < 4.78 is 5.13. The Morgan fingerprint density at radius 3 is 2.57 bits per heavy atom. The van der Waals surface area contributed by atoms with Crippen molar-refractivity contribution in [1.82, 2.24) is 10.6 Å². The van der Waals surface area contributed by atoms with Crippen molar-refractivity contribution >= 4 is 28.6 Å². The number of nitrogens with one attached hydrogen (secondary N) is 2. The molecule has 3 rings (SSSR count). The summed E-state index contributed by atoms with van der Waals surface area (Å²) in [5.41, 5.74) is 0.897. The molecule has 0 aromatic heterocycles. The number of esters is 1. The van der Waals surface area contributed by atoms with Crippen molar-refractivity contribution in [3.63, 3.8) is 0 Å². The molecule has 0 aliphatic heterocycles. The molecule has 1 aliphatic rings. The lowest BCUT2D eigenvalue weighted by molar-refractivity contribution is -0.154. The number of rotatable bonds is 7. The van der Waals surface area contributed by atoms with Crippen molar-refractivity contribution in [2.45, 2.75) is 51.2 Å². The number of amides is 2. The van der Waals surface area contributed by atoms with E-state index in [0.717, 1.165) is 42.0 Å². The highest BCUT2D eigenvalue weighted by atomic mass is 16.5. The van der Waals surface area contributed by atoms with Crippen molar-refractivity contribution in [3.8, 4) is 0 Å². The molecule has 1 atom stereocenters. The average Bonchev–Trinajstić information content (AvgIpc) is 3.19. The molecule has 2 N–H and O–H groups in total. The van der Waals surface area contributed by atoms with Crippen LogP contribution in [-0.2, 0) is 25.5 Å². The van der Waals surface area contributed by atoms with Gasteiger partial charge in [0.1, 0.15) is 6.54 Å². The zero-order valence-electron chi connectivity index (χ0n) is 16.1. The first-order valence-electron chi connectivity index (χ1n) is 9.76. The maximum atomic E-state index is 12.2. The number of carbonyl (C=O) groups excluding carboxylic acids is 3. The van der Waals surface area contributed by atoms with Crippen LogP contribution in [-0.4, -0.2) is 36.5 Å². The van der Waals surface area contributed by atoms with Crippen LogP contribution in [0.3, 0.4) is 0 Å². The van der Waals surface area contributed by atoms with Crippen LogP contribution >= 0.6 is 0 Å². The van der Waals surface area contributed by atoms with Crippen LogP contribution < -0.4 is 10.6 Å². The van der Waals surface area contributed by atoms with Gasteiger partial charge in [0.25, 0.3) is 5.91 Å². The predicted octanol–water partition coefficient (Wildman–Crippen LogP) is 2.49. The standard InChI is InChI=1S/C22H26N2O4/c1-15(22(27)24-18-10-3-4-11-18)28-21(26)14-23-20(25)13-17-9-6-8-16-7-2-5-12-19(16)17/h2,5-9,12,15,18H,3-4,10-11,13-14H2,1H3,(H,23,25)(H,24,27)/t15-/m1/s1. The molecular formula is C22H26N2O4. The van der Waals surface area contributed by atoms with E-state index >= 15 is 0 Å². The lowest BCUT2D eigenvalue weighted by Gasteiger charge is -2.17. The second-order valence-electron chi connectivity index (χ2n) is 7.21. The van der Waals surface area contributed by atoms with Gasteiger partial charge in [-0.05, 0) is 36.1 Å². The largest absolute Gasteiger partial charge is 0.451 e. The molecule has 0 radical (unpaired) electrons. The number of fused-ring (bicyclic) bond motifs is 1. The molecule has 2 aromatic carbocycles. The number of hydrogen-bond acceptors (Lipinski definition) is 4. The van der Waals surface area contributed by atoms with Gasteiger partial charge in [0.05, 0.1) is 6.42 Å². The van der Waals surface area contributed by atoms with Crippen LogP contribution in [0.1, 0.15) is 38.2 Å². The van der Waals surface area contributed by atoms with E-state index in [-0.39, 0.29) is 30.8 Å². The quantitative estimate of drug-likeness (QED) is 0.721. The van der Waals surface area contributed by atoms with E-state index in [1.54, 1.807) is 6.92 Å². The Balaban J connectivity index is 1.44. The van der Waals surface area contributed by atoms with Crippen LogP contribution in [0, 0.1) is 0 Å². The van der Waals surface area contributed by atoms with E-state index in [9.17, 15) is 14.4 Å². The fourth-order valence-corrected chi connectivity index (χ4v) is 3.53. The molecule has 1 saturated carbocycles. The van der Waals surface area contributed by atoms with Gasteiger partial charge < -0.3 is 15.4 Å². The van der Waals surface area contributed by atoms with Crippen LogP contribution in [0.25, 0.3) is 10.8 Å². The first-order valence-corrected chi connectivity index (χ1v) is 9.76. The van der Waals surface area contributed by atoms with Crippen LogP contribution in [0.5, 0.6) is 0 Å². The second kappa shape index (κ2) is 9.35. The third kappa shape index (κ3) is 5.31. The molecule has 6 nitrogen and oxygen atoms in total. The molecule has 0 unspecified atom stereocenters. The van der Waals surface area contributed by atoms with E-state index in [0.29, 0.717) is 0 Å². The lowest BCUT2D eigenvalue weighted by atomic mass is 10.0. The minimum Gasteiger partial charge on any atom is -0.451 e. The topological polar surface area (TPSA) is 84.5 Å². The third-order valence-corrected chi connectivity index (χ3v) is 5.04. The van der Waals surface area contributed by atoms with E-state index in [4.69, 9.17) is 4.74 Å². The molecule has 1 fully saturated rings. The van der Waals surface area contributed by atoms with E-state index in [2.05, 4.69) is 10.6 Å². The smallest absolute Gasteiger partial charge is 0.326 e. The summed E-state index contributed by atoms with van der Waals surface area (Å²) in [6.07, 6.45) is 3.46. The van der Waals surface area contributed by atoms with Gasteiger partial charge in [-0.3, -0.25) is 14.4 Å². The van der Waals surface area contributed by atoms with E-state index < -0.39 is 12.1 Å². The summed E-state index contributed by atoms with van der Waals surface area (Å²) >= 11 is 0. The third-order valence-electron chi connectivity index (χ3n) is 5.04. The molecule has 1 aliphatic carbocycles. The van der Waals surface area contributed by atoms with Gasteiger partial charge in [0.15, 0.2) is 6.10 Å². The molecule has 148 valence electrons. The van der Waals surface area contributed by atoms with Gasteiger partial charge in [0.2, 0.25) is 5.91 Å². The molecule has 0 saturated heterocycles. The molecule has 28 heavy (non-hydrogen) atoms. The summed E-state index contributed by atoms with van der Waals surface area (Å²) in [4.78, 5) is 36.2. The van der Waals surface area contributed by atoms with E-state index in [1.165, 1.54) is 0 Å². The highest BCUT2D eigenvalue weighted by Gasteiger charge is 2.23. The molecule has 0 heterocycles. The Bertz CT molecular complexity index is 853. The Morgan fingerprint density at radius 2 is 1.79 bits per heavy atom. The maximum absolute atomic E-state index is 12.2. The van der Waals surface area contributed by atoms with Gasteiger partial charge in [-0.2, -0.15) is 0 Å². The van der Waals surface area contributed by atoms with Crippen molar-refractivity contribution in [1.29, 1.82) is 0 Å². The van der Waals surface area contributed by atoms with E-state index in [1.807, 2.05) is 42.5 Å². The predicted molar refractivity (Wildman–Crippen MR) is 107 cm³/mol. The first-order chi connectivity index (χ1) is 13.5. The van der Waals surface area contributed by atoms with Gasteiger partial charge in [-0.15, -0.1) is 0 Å². The number of benzene rings is 2. The summed E-state index contributed by atoms with van der Waals surface area (Å²) in [6.45, 7) is 1.28. The monoisotopic (exact) mass is 382 g/mol. The summed E-state index contributed by atoms with van der Waals surface area (Å²) in [7, 11) is 0. The summed E-state index contributed by atoms with van der Waals surface area (Å²) in [5, 5.41) is 7.54. The van der Waals surface area contributed by atoms with Crippen LogP contribution in [0.4, 0.5) is 0 Å². The Kier molecular flexibility index (Phi) is 6.63. The van der Waals surface area contributed by atoms with Crippen LogP contribution in [0.2, 0.25) is 0 Å². The second-order valence-corrected chi connectivity index (χ2v) is 7.21. The van der Waals surface area contributed by atoms with Crippen molar-refractivity contribution in [3.05, 3.63) is 48.0 Å². The molecule has 2 aromatic rings. The van der Waals surface area contributed by atoms with Gasteiger partial charge in [-0.25, -0.2) is 0 Å². The highest BCUT2D eigenvalue weighted by molar-refractivity contribution is 5.91. The summed E-state index contributed by atoms with van der Waals surface area (Å²) in [5.74, 6) is -1.18. The maximum Gasteiger partial charge on any atom is 0.326 e. The van der Waals surface area contributed by atoms with Gasteiger partial charge in [0, 0.05) is 6.04 Å². The van der Waals surface area contributed by atoms with Gasteiger partial charge >= 0.3 is 5.97 Å². The zero-order valence-corrected chi connectivity index (χ0v) is 16.1. The lowest BCUT2D eigenvalue weighted by Crippen LogP contribution is -2.42. The minimum atomic E-state index is -0.872. The molecule has 6 heteroatoms. The Labute approximate surface area is 164 Å². The minimum absolute atomic E-state index is 0.173.